The van der Waals surface area contributed by atoms with Crippen LogP contribution in [0.4, 0.5) is 0 Å². The molecule has 4 heterocycles. The number of aromatic nitrogens is 2. The maximum atomic E-state index is 13.1. The number of rotatable bonds is 4. The van der Waals surface area contributed by atoms with Gasteiger partial charge in [0.25, 0.3) is 0 Å². The number of imidazole rings is 1. The van der Waals surface area contributed by atoms with Gasteiger partial charge in [-0.1, -0.05) is 12.8 Å². The van der Waals surface area contributed by atoms with Crippen molar-refractivity contribution < 1.29 is 4.79 Å². The normalized spacial score (nSPS) is 30.3. The van der Waals surface area contributed by atoms with Crippen LogP contribution >= 0.6 is 11.3 Å². The highest BCUT2D eigenvalue weighted by atomic mass is 32.1. The molecule has 6 nitrogen and oxygen atoms in total. The van der Waals surface area contributed by atoms with Crippen molar-refractivity contribution in [3.05, 3.63) is 23.5 Å². The Balaban J connectivity index is 1.28. The van der Waals surface area contributed by atoms with E-state index in [0.717, 1.165) is 36.8 Å². The third-order valence-corrected chi connectivity index (χ3v) is 7.19. The highest BCUT2D eigenvalue weighted by Crippen LogP contribution is 2.42. The van der Waals surface area contributed by atoms with Gasteiger partial charge in [-0.05, 0) is 12.8 Å². The Kier molecular flexibility index (Phi) is 3.83. The molecule has 1 saturated carbocycles. The molecule has 0 spiro atoms. The first-order chi connectivity index (χ1) is 12.2. The van der Waals surface area contributed by atoms with E-state index in [-0.39, 0.29) is 11.3 Å². The Hall–Kier alpha value is -1.44. The van der Waals surface area contributed by atoms with Crippen LogP contribution in [0, 0.1) is 11.3 Å². The molecule has 7 heteroatoms. The van der Waals surface area contributed by atoms with Crippen molar-refractivity contribution in [3.8, 4) is 0 Å². The summed E-state index contributed by atoms with van der Waals surface area (Å²) in [4.78, 5) is 21.3. The van der Waals surface area contributed by atoms with Gasteiger partial charge in [-0.15, -0.1) is 11.3 Å². The molecule has 2 aromatic rings. The SMILES string of the molecule is O=C(NCc1cn2ccsc2n1)[C@@]12CNC[C@@H]1CN(C1CCCC1)C2. The third kappa shape index (κ3) is 2.60. The molecule has 1 aliphatic carbocycles. The second-order valence-corrected chi connectivity index (χ2v) is 8.73. The lowest BCUT2D eigenvalue weighted by Gasteiger charge is -2.28. The van der Waals surface area contributed by atoms with Crippen LogP contribution in [-0.2, 0) is 11.3 Å². The lowest BCUT2D eigenvalue weighted by molar-refractivity contribution is -0.131. The van der Waals surface area contributed by atoms with Crippen LogP contribution in [0.2, 0.25) is 0 Å². The molecule has 2 saturated heterocycles. The first-order valence-corrected chi connectivity index (χ1v) is 10.3. The summed E-state index contributed by atoms with van der Waals surface area (Å²) in [7, 11) is 0. The molecule has 2 atom stereocenters. The number of amides is 1. The Morgan fingerprint density at radius 1 is 1.44 bits per heavy atom. The number of fused-ring (bicyclic) bond motifs is 2. The first kappa shape index (κ1) is 15.8. The van der Waals surface area contributed by atoms with Gasteiger partial charge in [-0.25, -0.2) is 4.98 Å². The third-order valence-electron chi connectivity index (χ3n) is 6.42. The lowest BCUT2D eigenvalue weighted by Crippen LogP contribution is -2.47. The first-order valence-electron chi connectivity index (χ1n) is 9.39. The largest absolute Gasteiger partial charge is 0.350 e. The molecule has 2 N–H and O–H groups in total. The standard InChI is InChI=1S/C18H25N5OS/c24-16(20-8-14-10-22-5-6-25-17(22)21-14)18-11-19-7-13(18)9-23(12-18)15-3-1-2-4-15/h5-6,10,13,15,19H,1-4,7-9,11-12H2,(H,20,24)/t13-,18-/m1/s1. The van der Waals surface area contributed by atoms with Gasteiger partial charge in [-0.2, -0.15) is 0 Å². The minimum Gasteiger partial charge on any atom is -0.350 e. The molecule has 5 rings (SSSR count). The molecule has 3 aliphatic rings. The van der Waals surface area contributed by atoms with Crippen LogP contribution < -0.4 is 10.6 Å². The van der Waals surface area contributed by atoms with Crippen LogP contribution in [0.3, 0.4) is 0 Å². The summed E-state index contributed by atoms with van der Waals surface area (Å²) in [5, 5.41) is 8.68. The van der Waals surface area contributed by atoms with Crippen LogP contribution in [0.5, 0.6) is 0 Å². The van der Waals surface area contributed by atoms with Gasteiger partial charge >= 0.3 is 0 Å². The topological polar surface area (TPSA) is 61.7 Å². The van der Waals surface area contributed by atoms with Crippen molar-refractivity contribution in [1.82, 2.24) is 24.9 Å². The number of thiazole rings is 1. The fourth-order valence-electron chi connectivity index (χ4n) is 5.04. The summed E-state index contributed by atoms with van der Waals surface area (Å²) in [6.45, 7) is 4.29. The molecule has 2 aromatic heterocycles. The van der Waals surface area contributed by atoms with Gasteiger partial charge in [-0.3, -0.25) is 14.1 Å². The van der Waals surface area contributed by atoms with Crippen LogP contribution in [-0.4, -0.2) is 52.4 Å². The van der Waals surface area contributed by atoms with Crippen molar-refractivity contribution >= 4 is 22.2 Å². The quantitative estimate of drug-likeness (QED) is 0.868. The van der Waals surface area contributed by atoms with E-state index < -0.39 is 0 Å². The molecule has 134 valence electrons. The summed E-state index contributed by atoms with van der Waals surface area (Å²) in [6, 6.07) is 0.704. The van der Waals surface area contributed by atoms with E-state index in [1.165, 1.54) is 25.7 Å². The van der Waals surface area contributed by atoms with Gasteiger partial charge < -0.3 is 10.6 Å². The zero-order valence-corrected chi connectivity index (χ0v) is 15.2. The smallest absolute Gasteiger partial charge is 0.229 e. The molecule has 1 amide bonds. The van der Waals surface area contributed by atoms with E-state index >= 15 is 0 Å². The summed E-state index contributed by atoms with van der Waals surface area (Å²) >= 11 is 1.62. The van der Waals surface area contributed by atoms with E-state index in [0.29, 0.717) is 18.5 Å². The molecule has 0 radical (unpaired) electrons. The number of likely N-dealkylation sites (tertiary alicyclic amines) is 1. The van der Waals surface area contributed by atoms with Crippen LogP contribution in [0.15, 0.2) is 17.8 Å². The molecular formula is C18H25N5OS. The highest BCUT2D eigenvalue weighted by molar-refractivity contribution is 7.15. The molecular weight excluding hydrogens is 334 g/mol. The van der Waals surface area contributed by atoms with Gasteiger partial charge in [0.1, 0.15) is 0 Å². The second-order valence-electron chi connectivity index (χ2n) is 7.86. The number of hydrogen-bond donors (Lipinski definition) is 2. The monoisotopic (exact) mass is 359 g/mol. The Morgan fingerprint density at radius 2 is 2.32 bits per heavy atom. The Bertz CT molecular complexity index is 751. The van der Waals surface area contributed by atoms with Crippen molar-refractivity contribution in [3.63, 3.8) is 0 Å². The minimum atomic E-state index is -0.250. The molecule has 3 fully saturated rings. The van der Waals surface area contributed by atoms with Gasteiger partial charge in [0.2, 0.25) is 5.91 Å². The highest BCUT2D eigenvalue weighted by Gasteiger charge is 2.55. The zero-order chi connectivity index (χ0) is 16.9. The average Bonchev–Trinajstić information content (AvgIpc) is 3.37. The predicted octanol–water partition coefficient (Wildman–Crippen LogP) is 1.48. The van der Waals surface area contributed by atoms with E-state index in [4.69, 9.17) is 0 Å². The van der Waals surface area contributed by atoms with Gasteiger partial charge in [0.15, 0.2) is 4.96 Å². The molecule has 25 heavy (non-hydrogen) atoms. The second kappa shape index (κ2) is 6.07. The lowest BCUT2D eigenvalue weighted by atomic mass is 9.80. The minimum absolute atomic E-state index is 0.208. The van der Waals surface area contributed by atoms with Crippen molar-refractivity contribution in [2.75, 3.05) is 26.2 Å². The zero-order valence-electron chi connectivity index (χ0n) is 14.4. The van der Waals surface area contributed by atoms with Crippen LogP contribution in [0.1, 0.15) is 31.4 Å². The van der Waals surface area contributed by atoms with Gasteiger partial charge in [0, 0.05) is 55.9 Å². The van der Waals surface area contributed by atoms with Crippen molar-refractivity contribution in [1.29, 1.82) is 0 Å². The number of hydrogen-bond acceptors (Lipinski definition) is 5. The van der Waals surface area contributed by atoms with Crippen molar-refractivity contribution in [2.45, 2.75) is 38.3 Å². The summed E-state index contributed by atoms with van der Waals surface area (Å²) in [6.07, 6.45) is 9.33. The molecule has 0 unspecified atom stereocenters. The summed E-state index contributed by atoms with van der Waals surface area (Å²) in [5.41, 5.74) is 0.685. The van der Waals surface area contributed by atoms with Crippen molar-refractivity contribution in [2.24, 2.45) is 11.3 Å². The number of carbonyl (C=O) groups is 1. The number of nitrogens with zero attached hydrogens (tertiary/aromatic N) is 3. The van der Waals surface area contributed by atoms with E-state index in [9.17, 15) is 4.79 Å². The summed E-state index contributed by atoms with van der Waals surface area (Å²) < 4.78 is 2.02. The number of carbonyl (C=O) groups excluding carboxylic acids is 1. The molecule has 0 bridgehead atoms. The average molecular weight is 359 g/mol. The van der Waals surface area contributed by atoms with E-state index in [1.54, 1.807) is 11.3 Å². The Morgan fingerprint density at radius 3 is 3.16 bits per heavy atom. The fraction of sp³-hybridized carbons (Fsp3) is 0.667. The Labute approximate surface area is 151 Å². The van der Waals surface area contributed by atoms with Crippen LogP contribution in [0.25, 0.3) is 4.96 Å². The molecule has 0 aromatic carbocycles. The predicted molar refractivity (Wildman–Crippen MR) is 97.5 cm³/mol. The van der Waals surface area contributed by atoms with Gasteiger partial charge in [0.05, 0.1) is 17.7 Å². The van der Waals surface area contributed by atoms with E-state index in [1.807, 2.05) is 22.2 Å². The summed E-state index contributed by atoms with van der Waals surface area (Å²) in [5.74, 6) is 0.651. The maximum Gasteiger partial charge on any atom is 0.229 e. The molecule has 2 aliphatic heterocycles. The fourth-order valence-corrected chi connectivity index (χ4v) is 5.76. The number of nitrogens with one attached hydrogen (secondary N) is 2. The maximum absolute atomic E-state index is 13.1. The van der Waals surface area contributed by atoms with E-state index in [2.05, 4.69) is 20.5 Å².